The molecule has 0 aliphatic heterocycles. The van der Waals surface area contributed by atoms with Crippen LogP contribution in [0.4, 0.5) is 0 Å². The fourth-order valence-corrected chi connectivity index (χ4v) is 5.35. The lowest BCUT2D eigenvalue weighted by atomic mass is 10.1. The lowest BCUT2D eigenvalue weighted by molar-refractivity contribution is 0.112. The molecular weight excluding hydrogens is 434 g/mol. The highest BCUT2D eigenvalue weighted by molar-refractivity contribution is 7.16. The van der Waals surface area contributed by atoms with Crippen molar-refractivity contribution < 1.29 is 4.79 Å². The summed E-state index contributed by atoms with van der Waals surface area (Å²) in [5.74, 6) is 0. The molecule has 0 radical (unpaired) electrons. The number of benzene rings is 4. The van der Waals surface area contributed by atoms with Crippen LogP contribution in [0.2, 0.25) is 0 Å². The molecule has 0 spiro atoms. The second-order valence-electron chi connectivity index (χ2n) is 8.24. The van der Waals surface area contributed by atoms with Gasteiger partial charge in [-0.1, -0.05) is 78.9 Å². The van der Waals surface area contributed by atoms with Crippen molar-refractivity contribution in [3.63, 3.8) is 0 Å². The Balaban J connectivity index is 1.28. The van der Waals surface area contributed by atoms with Crippen LogP contribution in [-0.4, -0.2) is 10.9 Å². The average Bonchev–Trinajstić information content (AvgIpc) is 3.51. The molecule has 2 aromatic heterocycles. The van der Waals surface area contributed by atoms with E-state index in [4.69, 9.17) is 0 Å². The molecule has 0 saturated heterocycles. The molecule has 0 atom stereocenters. The molecule has 162 valence electrons. The van der Waals surface area contributed by atoms with Crippen molar-refractivity contribution in [1.29, 1.82) is 0 Å². The number of fused-ring (bicyclic) bond motifs is 3. The van der Waals surface area contributed by atoms with Gasteiger partial charge in [-0.3, -0.25) is 4.79 Å². The molecule has 6 rings (SSSR count). The Morgan fingerprint density at radius 2 is 1.21 bits per heavy atom. The SMILES string of the molecule is O=Cc1ccc(-c2ccc(C=Cc3ccc(-n4c5ccccc5c5ccccc54)cc3)s2)cc1. The standard InChI is InChI=1S/C31H21NOS/c33-21-23-9-14-24(15-10-23)31-20-19-26(34-31)18-13-22-11-16-25(17-12-22)32-29-7-3-1-5-27(29)28-6-2-4-8-30(28)32/h1-21H. The minimum absolute atomic E-state index is 0.699. The summed E-state index contributed by atoms with van der Waals surface area (Å²) in [6, 6.07) is 37.8. The first-order valence-electron chi connectivity index (χ1n) is 11.2. The highest BCUT2D eigenvalue weighted by atomic mass is 32.1. The molecule has 3 heteroatoms. The van der Waals surface area contributed by atoms with Crippen molar-refractivity contribution in [3.05, 3.63) is 125 Å². The molecule has 2 nitrogen and oxygen atoms in total. The smallest absolute Gasteiger partial charge is 0.150 e. The van der Waals surface area contributed by atoms with Crippen LogP contribution in [0.1, 0.15) is 20.8 Å². The lowest BCUT2D eigenvalue weighted by Gasteiger charge is -2.08. The van der Waals surface area contributed by atoms with Gasteiger partial charge in [-0.05, 0) is 53.6 Å². The summed E-state index contributed by atoms with van der Waals surface area (Å²) in [5, 5.41) is 2.55. The summed E-state index contributed by atoms with van der Waals surface area (Å²) in [6.07, 6.45) is 5.18. The molecule has 0 amide bonds. The Morgan fingerprint density at radius 1 is 0.588 bits per heavy atom. The molecule has 0 N–H and O–H groups in total. The van der Waals surface area contributed by atoms with E-state index >= 15 is 0 Å². The minimum Gasteiger partial charge on any atom is -0.309 e. The number of hydrogen-bond acceptors (Lipinski definition) is 2. The Kier molecular flexibility index (Phi) is 5.17. The zero-order chi connectivity index (χ0) is 22.9. The third kappa shape index (κ3) is 3.66. The molecular formula is C31H21NOS. The van der Waals surface area contributed by atoms with E-state index in [2.05, 4.69) is 102 Å². The van der Waals surface area contributed by atoms with Crippen molar-refractivity contribution in [2.24, 2.45) is 0 Å². The minimum atomic E-state index is 0.699. The first kappa shape index (κ1) is 20.4. The molecule has 34 heavy (non-hydrogen) atoms. The van der Waals surface area contributed by atoms with Gasteiger partial charge in [-0.2, -0.15) is 0 Å². The van der Waals surface area contributed by atoms with Crippen LogP contribution in [0.5, 0.6) is 0 Å². The van der Waals surface area contributed by atoms with Crippen LogP contribution in [-0.2, 0) is 0 Å². The maximum atomic E-state index is 10.9. The summed E-state index contributed by atoms with van der Waals surface area (Å²) >= 11 is 1.74. The molecule has 4 aromatic carbocycles. The number of carbonyl (C=O) groups excluding carboxylic acids is 1. The van der Waals surface area contributed by atoms with Gasteiger partial charge in [-0.15, -0.1) is 11.3 Å². The highest BCUT2D eigenvalue weighted by Crippen LogP contribution is 2.32. The molecule has 2 heterocycles. The number of hydrogen-bond donors (Lipinski definition) is 0. The van der Waals surface area contributed by atoms with Gasteiger partial charge in [0.05, 0.1) is 11.0 Å². The van der Waals surface area contributed by atoms with Crippen molar-refractivity contribution in [2.45, 2.75) is 0 Å². The number of thiophene rings is 1. The number of rotatable bonds is 5. The quantitative estimate of drug-likeness (QED) is 0.239. The normalized spacial score (nSPS) is 11.5. The molecule has 0 fully saturated rings. The number of para-hydroxylation sites is 2. The lowest BCUT2D eigenvalue weighted by Crippen LogP contribution is -1.93. The van der Waals surface area contributed by atoms with Gasteiger partial charge in [0.1, 0.15) is 6.29 Å². The predicted octanol–water partition coefficient (Wildman–Crippen LogP) is 8.50. The van der Waals surface area contributed by atoms with Crippen LogP contribution >= 0.6 is 11.3 Å². The Hall–Kier alpha value is -4.21. The maximum Gasteiger partial charge on any atom is 0.150 e. The number of aldehydes is 1. The summed E-state index contributed by atoms with van der Waals surface area (Å²) < 4.78 is 2.33. The zero-order valence-electron chi connectivity index (χ0n) is 18.4. The molecule has 0 unspecified atom stereocenters. The van der Waals surface area contributed by atoms with E-state index in [9.17, 15) is 4.79 Å². The third-order valence-corrected chi connectivity index (χ3v) is 7.23. The topological polar surface area (TPSA) is 22.0 Å². The first-order chi connectivity index (χ1) is 16.8. The summed E-state index contributed by atoms with van der Waals surface area (Å²) in [5.41, 5.74) is 6.59. The highest BCUT2D eigenvalue weighted by Gasteiger charge is 2.10. The van der Waals surface area contributed by atoms with Gasteiger partial charge in [0.15, 0.2) is 0 Å². The third-order valence-electron chi connectivity index (χ3n) is 6.13. The van der Waals surface area contributed by atoms with Gasteiger partial charge < -0.3 is 4.57 Å². The predicted molar refractivity (Wildman–Crippen MR) is 145 cm³/mol. The molecule has 0 bridgehead atoms. The maximum absolute atomic E-state index is 10.9. The Morgan fingerprint density at radius 3 is 1.85 bits per heavy atom. The summed E-state index contributed by atoms with van der Waals surface area (Å²) in [6.45, 7) is 0. The van der Waals surface area contributed by atoms with Crippen LogP contribution in [0.15, 0.2) is 109 Å². The van der Waals surface area contributed by atoms with Crippen molar-refractivity contribution in [1.82, 2.24) is 4.57 Å². The van der Waals surface area contributed by atoms with Crippen LogP contribution in [0.25, 0.3) is 50.1 Å². The fraction of sp³-hybridized carbons (Fsp3) is 0. The molecule has 0 aliphatic carbocycles. The summed E-state index contributed by atoms with van der Waals surface area (Å²) in [4.78, 5) is 13.3. The molecule has 6 aromatic rings. The second-order valence-corrected chi connectivity index (χ2v) is 9.35. The zero-order valence-corrected chi connectivity index (χ0v) is 19.2. The first-order valence-corrected chi connectivity index (χ1v) is 12.0. The van der Waals surface area contributed by atoms with E-state index in [1.807, 2.05) is 24.3 Å². The van der Waals surface area contributed by atoms with E-state index in [0.29, 0.717) is 5.56 Å². The average molecular weight is 456 g/mol. The van der Waals surface area contributed by atoms with Gasteiger partial charge in [0.25, 0.3) is 0 Å². The summed E-state index contributed by atoms with van der Waals surface area (Å²) in [7, 11) is 0. The Bertz CT molecular complexity index is 1600. The number of aromatic nitrogens is 1. The largest absolute Gasteiger partial charge is 0.309 e. The van der Waals surface area contributed by atoms with Crippen molar-refractivity contribution in [3.8, 4) is 16.1 Å². The molecule has 0 saturated carbocycles. The Labute approximate surface area is 202 Å². The van der Waals surface area contributed by atoms with E-state index in [-0.39, 0.29) is 0 Å². The van der Waals surface area contributed by atoms with E-state index in [0.717, 1.165) is 23.1 Å². The monoisotopic (exact) mass is 455 g/mol. The van der Waals surface area contributed by atoms with Gasteiger partial charge in [0.2, 0.25) is 0 Å². The number of nitrogens with zero attached hydrogens (tertiary/aromatic N) is 1. The van der Waals surface area contributed by atoms with Gasteiger partial charge >= 0.3 is 0 Å². The van der Waals surface area contributed by atoms with E-state index < -0.39 is 0 Å². The number of carbonyl (C=O) groups is 1. The van der Waals surface area contributed by atoms with E-state index in [1.54, 1.807) is 11.3 Å². The van der Waals surface area contributed by atoms with Gasteiger partial charge in [-0.25, -0.2) is 0 Å². The van der Waals surface area contributed by atoms with Crippen LogP contribution in [0, 0.1) is 0 Å². The second kappa shape index (κ2) is 8.62. The van der Waals surface area contributed by atoms with Crippen molar-refractivity contribution in [2.75, 3.05) is 0 Å². The van der Waals surface area contributed by atoms with Crippen LogP contribution in [0.3, 0.4) is 0 Å². The fourth-order valence-electron chi connectivity index (χ4n) is 4.44. The molecule has 0 aliphatic rings. The van der Waals surface area contributed by atoms with Gasteiger partial charge in [0, 0.05) is 31.8 Å². The van der Waals surface area contributed by atoms with E-state index in [1.165, 1.54) is 31.6 Å². The van der Waals surface area contributed by atoms with Crippen LogP contribution < -0.4 is 0 Å². The van der Waals surface area contributed by atoms with Crippen molar-refractivity contribution >= 4 is 51.6 Å².